The largest absolute Gasteiger partial charge is 0.481 e. The molecule has 24 heavy (non-hydrogen) atoms. The van der Waals surface area contributed by atoms with Gasteiger partial charge in [-0.15, -0.1) is 0 Å². The molecule has 1 aromatic carbocycles. The molecular weight excluding hydrogens is 316 g/mol. The maximum Gasteiger partial charge on any atom is 0.311 e. The number of carboxylic acids is 1. The van der Waals surface area contributed by atoms with Crippen molar-refractivity contribution < 1.29 is 19.6 Å². The summed E-state index contributed by atoms with van der Waals surface area (Å²) in [5, 5.41) is 27.3. The number of aromatic amines is 1. The number of non-ortho nitro benzene ring substituents is 1. The van der Waals surface area contributed by atoms with Gasteiger partial charge in [-0.1, -0.05) is 0 Å². The van der Waals surface area contributed by atoms with Crippen molar-refractivity contribution >= 4 is 28.5 Å². The molecule has 126 valence electrons. The lowest BCUT2D eigenvalue weighted by atomic mass is 9.82. The second kappa shape index (κ2) is 5.59. The highest BCUT2D eigenvalue weighted by Crippen LogP contribution is 2.31. The molecule has 0 saturated carbocycles. The average Bonchev–Trinajstić information content (AvgIpc) is 2.97. The number of carbonyl (C=O) groups is 2. The summed E-state index contributed by atoms with van der Waals surface area (Å²) in [5.74, 6) is -1.36. The molecule has 0 spiro atoms. The summed E-state index contributed by atoms with van der Waals surface area (Å²) in [6.07, 6.45) is 1.08. The van der Waals surface area contributed by atoms with Crippen molar-refractivity contribution in [3.8, 4) is 0 Å². The lowest BCUT2D eigenvalue weighted by Gasteiger charge is -2.37. The van der Waals surface area contributed by atoms with Crippen molar-refractivity contribution in [3.63, 3.8) is 0 Å². The van der Waals surface area contributed by atoms with Crippen LogP contribution in [0.25, 0.3) is 10.9 Å². The maximum atomic E-state index is 12.7. The van der Waals surface area contributed by atoms with E-state index in [-0.39, 0.29) is 17.9 Å². The van der Waals surface area contributed by atoms with E-state index >= 15 is 0 Å². The number of nitro groups is 1. The SMILES string of the molecule is CC1(C(=O)O)CCCN(C(=O)c2n[nH]c3ccc([N+](=O)[O-])cc23)C1. The Hall–Kier alpha value is -2.97. The van der Waals surface area contributed by atoms with E-state index in [1.807, 2.05) is 0 Å². The van der Waals surface area contributed by atoms with Crippen LogP contribution in [0.1, 0.15) is 30.3 Å². The van der Waals surface area contributed by atoms with Gasteiger partial charge in [0.15, 0.2) is 5.69 Å². The zero-order chi connectivity index (χ0) is 17.5. The molecule has 2 N–H and O–H groups in total. The Labute approximate surface area is 136 Å². The summed E-state index contributed by atoms with van der Waals surface area (Å²) in [7, 11) is 0. The van der Waals surface area contributed by atoms with Crippen LogP contribution in [0.15, 0.2) is 18.2 Å². The second-order valence-electron chi connectivity index (χ2n) is 6.26. The number of hydrogen-bond acceptors (Lipinski definition) is 5. The zero-order valence-corrected chi connectivity index (χ0v) is 13.0. The van der Waals surface area contributed by atoms with E-state index in [2.05, 4.69) is 10.2 Å². The van der Waals surface area contributed by atoms with Crippen LogP contribution in [0.5, 0.6) is 0 Å². The molecule has 0 bridgehead atoms. The fourth-order valence-corrected chi connectivity index (χ4v) is 3.02. The van der Waals surface area contributed by atoms with E-state index in [0.717, 1.165) is 0 Å². The molecule has 1 saturated heterocycles. The van der Waals surface area contributed by atoms with Gasteiger partial charge in [-0.2, -0.15) is 5.10 Å². The Kier molecular flexibility index (Phi) is 3.70. The Bertz CT molecular complexity index is 846. The van der Waals surface area contributed by atoms with E-state index in [9.17, 15) is 24.8 Å². The van der Waals surface area contributed by atoms with Crippen LogP contribution in [-0.2, 0) is 4.79 Å². The van der Waals surface area contributed by atoms with Gasteiger partial charge in [0.05, 0.1) is 15.9 Å². The van der Waals surface area contributed by atoms with Crippen LogP contribution >= 0.6 is 0 Å². The number of aliphatic carboxylic acids is 1. The van der Waals surface area contributed by atoms with Crippen molar-refractivity contribution in [1.29, 1.82) is 0 Å². The first-order valence-corrected chi connectivity index (χ1v) is 7.47. The van der Waals surface area contributed by atoms with E-state index in [0.29, 0.717) is 30.3 Å². The molecule has 3 rings (SSSR count). The minimum Gasteiger partial charge on any atom is -0.481 e. The highest BCUT2D eigenvalue weighted by atomic mass is 16.6. The molecule has 9 heteroatoms. The number of carbonyl (C=O) groups excluding carboxylic acids is 1. The van der Waals surface area contributed by atoms with Gasteiger partial charge in [-0.05, 0) is 25.8 Å². The third kappa shape index (κ3) is 2.57. The van der Waals surface area contributed by atoms with Gasteiger partial charge in [0, 0.05) is 30.6 Å². The third-order valence-corrected chi connectivity index (χ3v) is 4.46. The lowest BCUT2D eigenvalue weighted by molar-refractivity contribution is -0.384. The van der Waals surface area contributed by atoms with Gasteiger partial charge in [0.1, 0.15) is 0 Å². The van der Waals surface area contributed by atoms with Gasteiger partial charge < -0.3 is 10.0 Å². The van der Waals surface area contributed by atoms with Crippen LogP contribution in [0.4, 0.5) is 5.69 Å². The molecule has 2 aromatic rings. The van der Waals surface area contributed by atoms with E-state index in [4.69, 9.17) is 0 Å². The number of fused-ring (bicyclic) bond motifs is 1. The number of benzene rings is 1. The first kappa shape index (κ1) is 15.9. The summed E-state index contributed by atoms with van der Waals surface area (Å²) >= 11 is 0. The number of rotatable bonds is 3. The van der Waals surface area contributed by atoms with Gasteiger partial charge in [-0.3, -0.25) is 24.8 Å². The Morgan fingerprint density at radius 1 is 1.46 bits per heavy atom. The standard InChI is InChI=1S/C15H16N4O5/c1-15(14(21)22)5-2-6-18(8-15)13(20)12-10-7-9(19(23)24)3-4-11(10)16-17-12/h3-4,7H,2,5-6,8H2,1H3,(H,16,17)(H,21,22). The minimum atomic E-state index is -0.994. The third-order valence-electron chi connectivity index (χ3n) is 4.46. The first-order chi connectivity index (χ1) is 11.3. The van der Waals surface area contributed by atoms with Crippen molar-refractivity contribution in [2.75, 3.05) is 13.1 Å². The molecular formula is C15H16N4O5. The predicted molar refractivity (Wildman–Crippen MR) is 83.6 cm³/mol. The molecule has 2 heterocycles. The normalized spacial score (nSPS) is 21.0. The summed E-state index contributed by atoms with van der Waals surface area (Å²) in [4.78, 5) is 36.0. The van der Waals surface area contributed by atoms with Crippen molar-refractivity contribution in [2.24, 2.45) is 5.41 Å². The van der Waals surface area contributed by atoms with Crippen LogP contribution in [0.3, 0.4) is 0 Å². The number of piperidine rings is 1. The molecule has 1 amide bonds. The topological polar surface area (TPSA) is 129 Å². The van der Waals surface area contributed by atoms with Crippen LogP contribution in [0, 0.1) is 15.5 Å². The molecule has 9 nitrogen and oxygen atoms in total. The number of nitrogens with zero attached hydrogens (tertiary/aromatic N) is 3. The lowest BCUT2D eigenvalue weighted by Crippen LogP contribution is -2.48. The highest BCUT2D eigenvalue weighted by molar-refractivity contribution is 6.05. The van der Waals surface area contributed by atoms with E-state index in [1.54, 1.807) is 6.92 Å². The predicted octanol–water partition coefficient (Wildman–Crippen LogP) is 1.80. The number of carboxylic acid groups (broad SMARTS) is 1. The Balaban J connectivity index is 1.95. The molecule has 1 aliphatic heterocycles. The monoisotopic (exact) mass is 332 g/mol. The Morgan fingerprint density at radius 2 is 2.21 bits per heavy atom. The van der Waals surface area contributed by atoms with Crippen LogP contribution < -0.4 is 0 Å². The van der Waals surface area contributed by atoms with Crippen molar-refractivity contribution in [2.45, 2.75) is 19.8 Å². The first-order valence-electron chi connectivity index (χ1n) is 7.47. The van der Waals surface area contributed by atoms with Gasteiger partial charge >= 0.3 is 5.97 Å². The molecule has 1 fully saturated rings. The smallest absolute Gasteiger partial charge is 0.311 e. The number of aromatic nitrogens is 2. The zero-order valence-electron chi connectivity index (χ0n) is 13.0. The van der Waals surface area contributed by atoms with Crippen LogP contribution in [0.2, 0.25) is 0 Å². The molecule has 1 unspecified atom stereocenters. The number of likely N-dealkylation sites (tertiary alicyclic amines) is 1. The molecule has 1 aliphatic rings. The Morgan fingerprint density at radius 3 is 2.88 bits per heavy atom. The van der Waals surface area contributed by atoms with Crippen LogP contribution in [-0.4, -0.2) is 50.1 Å². The minimum absolute atomic E-state index is 0.0725. The summed E-state index contributed by atoms with van der Waals surface area (Å²) in [6, 6.07) is 4.12. The summed E-state index contributed by atoms with van der Waals surface area (Å²) in [6.45, 7) is 2.14. The number of H-pyrrole nitrogens is 1. The maximum absolute atomic E-state index is 12.7. The van der Waals surface area contributed by atoms with E-state index in [1.165, 1.54) is 23.1 Å². The van der Waals surface area contributed by atoms with Gasteiger partial charge in [0.2, 0.25) is 0 Å². The van der Waals surface area contributed by atoms with Gasteiger partial charge in [-0.25, -0.2) is 0 Å². The van der Waals surface area contributed by atoms with Gasteiger partial charge in [0.25, 0.3) is 11.6 Å². The highest BCUT2D eigenvalue weighted by Gasteiger charge is 2.40. The average molecular weight is 332 g/mol. The van der Waals surface area contributed by atoms with E-state index < -0.39 is 22.2 Å². The fraction of sp³-hybridized carbons (Fsp3) is 0.400. The number of nitro benzene ring substituents is 1. The summed E-state index contributed by atoms with van der Waals surface area (Å²) in [5.41, 5.74) is -0.538. The molecule has 0 radical (unpaired) electrons. The number of hydrogen-bond donors (Lipinski definition) is 2. The molecule has 1 aromatic heterocycles. The number of amides is 1. The van der Waals surface area contributed by atoms with Crippen molar-refractivity contribution in [3.05, 3.63) is 34.0 Å². The molecule has 1 atom stereocenters. The second-order valence-corrected chi connectivity index (χ2v) is 6.26. The molecule has 0 aliphatic carbocycles. The fourth-order valence-electron chi connectivity index (χ4n) is 3.02. The quantitative estimate of drug-likeness (QED) is 0.651. The van der Waals surface area contributed by atoms with Crippen molar-refractivity contribution in [1.82, 2.24) is 15.1 Å². The number of nitrogens with one attached hydrogen (secondary N) is 1. The summed E-state index contributed by atoms with van der Waals surface area (Å²) < 4.78 is 0.